The standard InChI is InChI=1S/C20H16N2O2S/c1-14-12-17(24-22-14)13-25-20-21-18(15-8-4-2-5-9-15)19(23-20)16-10-6-3-7-11-16/h2-12H,13H2,1H3. The maximum Gasteiger partial charge on any atom is 0.257 e. The van der Waals surface area contributed by atoms with Crippen molar-refractivity contribution < 1.29 is 8.94 Å². The van der Waals surface area contributed by atoms with Crippen molar-refractivity contribution >= 4 is 11.8 Å². The van der Waals surface area contributed by atoms with Crippen molar-refractivity contribution in [1.82, 2.24) is 10.1 Å². The number of hydrogen-bond donors (Lipinski definition) is 0. The largest absolute Gasteiger partial charge is 0.431 e. The zero-order valence-electron chi connectivity index (χ0n) is 13.7. The Bertz CT molecular complexity index is 905. The number of aryl methyl sites for hydroxylation is 1. The molecule has 4 rings (SSSR count). The van der Waals surface area contributed by atoms with Crippen molar-refractivity contribution in [2.75, 3.05) is 0 Å². The van der Waals surface area contributed by atoms with Crippen LogP contribution in [0.4, 0.5) is 0 Å². The van der Waals surface area contributed by atoms with Gasteiger partial charge in [-0.1, -0.05) is 77.6 Å². The number of benzene rings is 2. The maximum absolute atomic E-state index is 6.07. The Morgan fingerprint density at radius 2 is 1.60 bits per heavy atom. The summed E-state index contributed by atoms with van der Waals surface area (Å²) in [7, 11) is 0. The molecule has 25 heavy (non-hydrogen) atoms. The second-order valence-electron chi connectivity index (χ2n) is 5.61. The van der Waals surface area contributed by atoms with E-state index in [1.165, 1.54) is 11.8 Å². The molecule has 0 spiro atoms. The van der Waals surface area contributed by atoms with E-state index in [9.17, 15) is 0 Å². The molecule has 0 fully saturated rings. The van der Waals surface area contributed by atoms with Crippen LogP contribution in [0.15, 0.2) is 80.9 Å². The Morgan fingerprint density at radius 1 is 0.920 bits per heavy atom. The number of thioether (sulfide) groups is 1. The van der Waals surface area contributed by atoms with E-state index in [4.69, 9.17) is 13.9 Å². The first-order chi connectivity index (χ1) is 12.3. The summed E-state index contributed by atoms with van der Waals surface area (Å²) >= 11 is 1.50. The minimum Gasteiger partial charge on any atom is -0.431 e. The molecule has 2 aromatic heterocycles. The molecule has 0 N–H and O–H groups in total. The summed E-state index contributed by atoms with van der Waals surface area (Å²) in [5, 5.41) is 4.52. The highest BCUT2D eigenvalue weighted by Crippen LogP contribution is 2.36. The lowest BCUT2D eigenvalue weighted by atomic mass is 10.1. The maximum atomic E-state index is 6.07. The van der Waals surface area contributed by atoms with Gasteiger partial charge in [-0.3, -0.25) is 0 Å². The smallest absolute Gasteiger partial charge is 0.257 e. The van der Waals surface area contributed by atoms with Crippen LogP contribution in [0.5, 0.6) is 0 Å². The fourth-order valence-electron chi connectivity index (χ4n) is 2.56. The molecule has 0 unspecified atom stereocenters. The zero-order valence-corrected chi connectivity index (χ0v) is 14.5. The number of hydrogen-bond acceptors (Lipinski definition) is 5. The van der Waals surface area contributed by atoms with Crippen molar-refractivity contribution in [3.63, 3.8) is 0 Å². The molecule has 0 saturated carbocycles. The zero-order chi connectivity index (χ0) is 17.1. The average Bonchev–Trinajstić information content (AvgIpc) is 3.28. The van der Waals surface area contributed by atoms with Gasteiger partial charge in [-0.2, -0.15) is 0 Å². The molecule has 0 radical (unpaired) electrons. The number of oxazole rings is 1. The molecular weight excluding hydrogens is 332 g/mol. The van der Waals surface area contributed by atoms with Gasteiger partial charge in [-0.05, 0) is 6.92 Å². The highest BCUT2D eigenvalue weighted by Gasteiger charge is 2.17. The summed E-state index contributed by atoms with van der Waals surface area (Å²) in [6.45, 7) is 1.91. The Hall–Kier alpha value is -2.79. The fraction of sp³-hybridized carbons (Fsp3) is 0.100. The Balaban J connectivity index is 1.68. The topological polar surface area (TPSA) is 52.1 Å². The van der Waals surface area contributed by atoms with Gasteiger partial charge in [-0.25, -0.2) is 4.98 Å². The molecule has 0 amide bonds. The molecule has 0 bridgehead atoms. The van der Waals surface area contributed by atoms with Crippen molar-refractivity contribution in [3.8, 4) is 22.6 Å². The quantitative estimate of drug-likeness (QED) is 0.440. The summed E-state index contributed by atoms with van der Waals surface area (Å²) < 4.78 is 11.3. The van der Waals surface area contributed by atoms with E-state index in [1.807, 2.05) is 73.7 Å². The Labute approximate surface area is 149 Å². The molecule has 4 aromatic rings. The summed E-state index contributed by atoms with van der Waals surface area (Å²) in [5.74, 6) is 2.22. The van der Waals surface area contributed by atoms with E-state index in [0.29, 0.717) is 11.0 Å². The Kier molecular flexibility index (Phi) is 4.39. The van der Waals surface area contributed by atoms with Crippen molar-refractivity contribution in [2.24, 2.45) is 0 Å². The minimum atomic E-state index is 0.617. The SMILES string of the molecule is Cc1cc(CSc2nc(-c3ccccc3)c(-c3ccccc3)o2)on1. The van der Waals surface area contributed by atoms with E-state index in [-0.39, 0.29) is 0 Å². The van der Waals surface area contributed by atoms with Gasteiger partial charge in [0, 0.05) is 17.2 Å². The molecule has 0 aliphatic carbocycles. The van der Waals surface area contributed by atoms with Crippen LogP contribution in [0.1, 0.15) is 11.5 Å². The molecule has 0 aliphatic rings. The van der Waals surface area contributed by atoms with Gasteiger partial charge in [0.2, 0.25) is 0 Å². The Morgan fingerprint density at radius 3 is 2.24 bits per heavy atom. The highest BCUT2D eigenvalue weighted by atomic mass is 32.2. The summed E-state index contributed by atoms with van der Waals surface area (Å²) in [5.41, 5.74) is 3.77. The van der Waals surface area contributed by atoms with E-state index >= 15 is 0 Å². The van der Waals surface area contributed by atoms with Gasteiger partial charge in [0.15, 0.2) is 5.76 Å². The lowest BCUT2D eigenvalue weighted by Gasteiger charge is -2.00. The molecule has 2 aromatic carbocycles. The van der Waals surface area contributed by atoms with Gasteiger partial charge in [0.05, 0.1) is 11.4 Å². The second kappa shape index (κ2) is 6.99. The molecule has 0 atom stereocenters. The van der Waals surface area contributed by atoms with Crippen LogP contribution in [-0.4, -0.2) is 10.1 Å². The van der Waals surface area contributed by atoms with Gasteiger partial charge < -0.3 is 8.94 Å². The predicted octanol–water partition coefficient (Wildman–Crippen LogP) is 5.60. The van der Waals surface area contributed by atoms with Gasteiger partial charge in [0.25, 0.3) is 5.22 Å². The third-order valence-electron chi connectivity index (χ3n) is 3.71. The first-order valence-corrected chi connectivity index (χ1v) is 8.95. The van der Waals surface area contributed by atoms with E-state index < -0.39 is 0 Å². The molecule has 0 aliphatic heterocycles. The van der Waals surface area contributed by atoms with E-state index in [1.54, 1.807) is 0 Å². The lowest BCUT2D eigenvalue weighted by molar-refractivity contribution is 0.390. The molecule has 4 nitrogen and oxygen atoms in total. The molecule has 124 valence electrons. The number of nitrogens with zero attached hydrogens (tertiary/aromatic N) is 2. The van der Waals surface area contributed by atoms with Crippen molar-refractivity contribution in [3.05, 3.63) is 78.2 Å². The van der Waals surface area contributed by atoms with Gasteiger partial charge in [0.1, 0.15) is 11.5 Å². The average molecular weight is 348 g/mol. The predicted molar refractivity (Wildman–Crippen MR) is 98.2 cm³/mol. The molecule has 0 saturated heterocycles. The van der Waals surface area contributed by atoms with Crippen LogP contribution >= 0.6 is 11.8 Å². The first-order valence-electron chi connectivity index (χ1n) is 7.96. The van der Waals surface area contributed by atoms with Gasteiger partial charge >= 0.3 is 0 Å². The van der Waals surface area contributed by atoms with Crippen LogP contribution < -0.4 is 0 Å². The normalized spacial score (nSPS) is 10.9. The molecule has 5 heteroatoms. The third kappa shape index (κ3) is 3.51. The third-order valence-corrected chi connectivity index (χ3v) is 4.56. The molecular formula is C20H16N2O2S. The highest BCUT2D eigenvalue weighted by molar-refractivity contribution is 7.98. The van der Waals surface area contributed by atoms with Crippen molar-refractivity contribution in [1.29, 1.82) is 0 Å². The molecule has 2 heterocycles. The minimum absolute atomic E-state index is 0.617. The number of rotatable bonds is 5. The fourth-order valence-corrected chi connectivity index (χ4v) is 3.26. The lowest BCUT2D eigenvalue weighted by Crippen LogP contribution is -1.82. The van der Waals surface area contributed by atoms with Crippen molar-refractivity contribution in [2.45, 2.75) is 17.9 Å². The summed E-state index contributed by atoms with van der Waals surface area (Å²) in [6, 6.07) is 22.0. The summed E-state index contributed by atoms with van der Waals surface area (Å²) in [4.78, 5) is 4.71. The van der Waals surface area contributed by atoms with Crippen LogP contribution in [0.25, 0.3) is 22.6 Å². The van der Waals surface area contributed by atoms with Crippen LogP contribution in [0.2, 0.25) is 0 Å². The second-order valence-corrected chi connectivity index (χ2v) is 6.54. The first kappa shape index (κ1) is 15.7. The van der Waals surface area contributed by atoms with E-state index in [2.05, 4.69) is 5.16 Å². The van der Waals surface area contributed by atoms with Gasteiger partial charge in [-0.15, -0.1) is 0 Å². The monoisotopic (exact) mass is 348 g/mol. The van der Waals surface area contributed by atoms with Crippen LogP contribution in [0, 0.1) is 6.92 Å². The van der Waals surface area contributed by atoms with Crippen LogP contribution in [-0.2, 0) is 5.75 Å². The van der Waals surface area contributed by atoms with Crippen LogP contribution in [0.3, 0.4) is 0 Å². The number of aromatic nitrogens is 2. The summed E-state index contributed by atoms with van der Waals surface area (Å²) in [6.07, 6.45) is 0. The van der Waals surface area contributed by atoms with E-state index in [0.717, 1.165) is 34.0 Å².